The Hall–Kier alpha value is -1.63. The highest BCUT2D eigenvalue weighted by Crippen LogP contribution is 2.22. The number of anilines is 3. The van der Waals surface area contributed by atoms with E-state index in [1.54, 1.807) is 0 Å². The third kappa shape index (κ3) is 3.93. The number of nitrogens with one attached hydrogen (secondary N) is 1. The van der Waals surface area contributed by atoms with Gasteiger partial charge in [-0.05, 0) is 18.8 Å². The van der Waals surface area contributed by atoms with Crippen molar-refractivity contribution in [2.45, 2.75) is 32.8 Å². The molecule has 0 bridgehead atoms. The first-order valence-corrected chi connectivity index (χ1v) is 7.61. The Morgan fingerprint density at radius 3 is 2.71 bits per heavy atom. The van der Waals surface area contributed by atoms with Crippen molar-refractivity contribution >= 4 is 17.8 Å². The van der Waals surface area contributed by atoms with E-state index in [-0.39, 0.29) is 6.10 Å². The first kappa shape index (κ1) is 15.8. The number of aromatic nitrogens is 3. The maximum Gasteiger partial charge on any atom is 0.232 e. The molecule has 1 saturated heterocycles. The van der Waals surface area contributed by atoms with Crippen molar-refractivity contribution in [2.24, 2.45) is 5.92 Å². The van der Waals surface area contributed by atoms with E-state index in [0.29, 0.717) is 30.3 Å². The molecule has 0 aromatic carbocycles. The van der Waals surface area contributed by atoms with Crippen LogP contribution in [0.15, 0.2) is 0 Å². The van der Waals surface area contributed by atoms with Crippen LogP contribution in [0.1, 0.15) is 26.7 Å². The van der Waals surface area contributed by atoms with Gasteiger partial charge >= 0.3 is 0 Å². The van der Waals surface area contributed by atoms with Crippen molar-refractivity contribution in [3.63, 3.8) is 0 Å². The molecule has 21 heavy (non-hydrogen) atoms. The van der Waals surface area contributed by atoms with Gasteiger partial charge in [0.2, 0.25) is 17.8 Å². The zero-order valence-electron chi connectivity index (χ0n) is 13.4. The lowest BCUT2D eigenvalue weighted by molar-refractivity contribution is 0.102. The number of hydrogen-bond acceptors (Lipinski definition) is 7. The number of aliphatic hydroxyl groups is 1. The summed E-state index contributed by atoms with van der Waals surface area (Å²) in [6.07, 6.45) is 1.63. The molecule has 0 spiro atoms. The Kier molecular flexibility index (Phi) is 5.17. The second kappa shape index (κ2) is 6.89. The molecule has 2 rings (SSSR count). The quantitative estimate of drug-likeness (QED) is 0.837. The van der Waals surface area contributed by atoms with Crippen LogP contribution < -0.4 is 15.1 Å². The van der Waals surface area contributed by atoms with Gasteiger partial charge in [0, 0.05) is 33.7 Å². The third-order valence-electron chi connectivity index (χ3n) is 3.75. The fourth-order valence-electron chi connectivity index (χ4n) is 2.24. The Labute approximate surface area is 126 Å². The lowest BCUT2D eigenvalue weighted by atomic mass is 9.96. The molecule has 1 aliphatic heterocycles. The monoisotopic (exact) mass is 294 g/mol. The SMILES string of the molecule is CCCNc1nc(N(C)C)nc(N2CCC(C)C(O)C2)n1. The van der Waals surface area contributed by atoms with E-state index < -0.39 is 0 Å². The van der Waals surface area contributed by atoms with Crippen molar-refractivity contribution in [2.75, 3.05) is 48.8 Å². The molecule has 0 aliphatic carbocycles. The van der Waals surface area contributed by atoms with Gasteiger partial charge < -0.3 is 20.2 Å². The molecule has 0 radical (unpaired) electrons. The number of β-amino-alcohol motifs (C(OH)–C–C–N with tert-alkyl or cyclic N) is 1. The molecule has 7 heteroatoms. The van der Waals surface area contributed by atoms with Crippen LogP contribution in [-0.4, -0.2) is 59.9 Å². The topological polar surface area (TPSA) is 77.4 Å². The average Bonchev–Trinajstić information content (AvgIpc) is 2.47. The van der Waals surface area contributed by atoms with Crippen LogP contribution >= 0.6 is 0 Å². The summed E-state index contributed by atoms with van der Waals surface area (Å²) in [6.45, 7) is 6.45. The molecule has 1 aliphatic rings. The number of rotatable bonds is 5. The zero-order chi connectivity index (χ0) is 15.4. The Balaban J connectivity index is 2.22. The fourth-order valence-corrected chi connectivity index (χ4v) is 2.24. The number of nitrogens with zero attached hydrogens (tertiary/aromatic N) is 5. The van der Waals surface area contributed by atoms with Gasteiger partial charge in [0.1, 0.15) is 0 Å². The van der Waals surface area contributed by atoms with Gasteiger partial charge in [0.05, 0.1) is 6.10 Å². The highest BCUT2D eigenvalue weighted by molar-refractivity contribution is 5.44. The molecular weight excluding hydrogens is 268 g/mol. The van der Waals surface area contributed by atoms with E-state index in [4.69, 9.17) is 0 Å². The predicted octanol–water partition coefficient (Wildman–Crippen LogP) is 0.967. The molecule has 1 aromatic heterocycles. The summed E-state index contributed by atoms with van der Waals surface area (Å²) in [5, 5.41) is 13.3. The molecular formula is C14H26N6O. The second-order valence-electron chi connectivity index (χ2n) is 5.86. The highest BCUT2D eigenvalue weighted by atomic mass is 16.3. The minimum Gasteiger partial charge on any atom is -0.391 e. The van der Waals surface area contributed by atoms with E-state index >= 15 is 0 Å². The lowest BCUT2D eigenvalue weighted by Gasteiger charge is -2.34. The Bertz CT molecular complexity index is 467. The molecule has 2 heterocycles. The summed E-state index contributed by atoms with van der Waals surface area (Å²) in [6, 6.07) is 0. The van der Waals surface area contributed by atoms with E-state index in [9.17, 15) is 5.11 Å². The highest BCUT2D eigenvalue weighted by Gasteiger charge is 2.26. The van der Waals surface area contributed by atoms with Crippen LogP contribution in [0.3, 0.4) is 0 Å². The predicted molar refractivity (Wildman–Crippen MR) is 84.9 cm³/mol. The first-order chi connectivity index (χ1) is 10.0. The van der Waals surface area contributed by atoms with Crippen molar-refractivity contribution in [3.05, 3.63) is 0 Å². The van der Waals surface area contributed by atoms with Crippen LogP contribution in [0.5, 0.6) is 0 Å². The maximum atomic E-state index is 10.1. The summed E-state index contributed by atoms with van der Waals surface area (Å²) in [7, 11) is 3.83. The summed E-state index contributed by atoms with van der Waals surface area (Å²) in [4.78, 5) is 17.3. The minimum atomic E-state index is -0.328. The first-order valence-electron chi connectivity index (χ1n) is 7.61. The summed E-state index contributed by atoms with van der Waals surface area (Å²) in [5.74, 6) is 2.19. The molecule has 2 N–H and O–H groups in total. The lowest BCUT2D eigenvalue weighted by Crippen LogP contribution is -2.43. The summed E-state index contributed by atoms with van der Waals surface area (Å²) >= 11 is 0. The number of hydrogen-bond donors (Lipinski definition) is 2. The summed E-state index contributed by atoms with van der Waals surface area (Å²) < 4.78 is 0. The molecule has 118 valence electrons. The van der Waals surface area contributed by atoms with Gasteiger partial charge in [-0.3, -0.25) is 0 Å². The molecule has 2 atom stereocenters. The standard InChI is InChI=1S/C14H26N6O/c1-5-7-15-12-16-13(19(3)4)18-14(17-12)20-8-6-10(2)11(21)9-20/h10-11,21H,5-9H2,1-4H3,(H,15,16,17,18). The molecule has 1 fully saturated rings. The minimum absolute atomic E-state index is 0.328. The normalized spacial score (nSPS) is 22.2. The zero-order valence-corrected chi connectivity index (χ0v) is 13.4. The molecule has 7 nitrogen and oxygen atoms in total. The maximum absolute atomic E-state index is 10.1. The second-order valence-corrected chi connectivity index (χ2v) is 5.86. The van der Waals surface area contributed by atoms with Gasteiger partial charge in [-0.25, -0.2) is 0 Å². The molecule has 2 unspecified atom stereocenters. The van der Waals surface area contributed by atoms with Crippen LogP contribution in [0, 0.1) is 5.92 Å². The van der Waals surface area contributed by atoms with Crippen molar-refractivity contribution in [1.82, 2.24) is 15.0 Å². The molecule has 0 amide bonds. The van der Waals surface area contributed by atoms with Gasteiger partial charge in [0.15, 0.2) is 0 Å². The number of piperidine rings is 1. The van der Waals surface area contributed by atoms with Gasteiger partial charge in [-0.1, -0.05) is 13.8 Å². The van der Waals surface area contributed by atoms with Crippen LogP contribution in [0.2, 0.25) is 0 Å². The van der Waals surface area contributed by atoms with Crippen molar-refractivity contribution < 1.29 is 5.11 Å². The fraction of sp³-hybridized carbons (Fsp3) is 0.786. The van der Waals surface area contributed by atoms with E-state index in [0.717, 1.165) is 25.9 Å². The molecule has 1 aromatic rings. The Morgan fingerprint density at radius 1 is 1.33 bits per heavy atom. The molecule has 0 saturated carbocycles. The summed E-state index contributed by atoms with van der Waals surface area (Å²) in [5.41, 5.74) is 0. The van der Waals surface area contributed by atoms with E-state index in [1.165, 1.54) is 0 Å². The van der Waals surface area contributed by atoms with Crippen LogP contribution in [-0.2, 0) is 0 Å². The van der Waals surface area contributed by atoms with Crippen LogP contribution in [0.25, 0.3) is 0 Å². The van der Waals surface area contributed by atoms with E-state index in [1.807, 2.05) is 23.9 Å². The van der Waals surface area contributed by atoms with Gasteiger partial charge in [-0.2, -0.15) is 15.0 Å². The average molecular weight is 294 g/mol. The van der Waals surface area contributed by atoms with Gasteiger partial charge in [0.25, 0.3) is 0 Å². The van der Waals surface area contributed by atoms with Crippen LogP contribution in [0.4, 0.5) is 17.8 Å². The van der Waals surface area contributed by atoms with Gasteiger partial charge in [-0.15, -0.1) is 0 Å². The number of aliphatic hydroxyl groups excluding tert-OH is 1. The van der Waals surface area contributed by atoms with Crippen molar-refractivity contribution in [3.8, 4) is 0 Å². The smallest absolute Gasteiger partial charge is 0.232 e. The third-order valence-corrected chi connectivity index (χ3v) is 3.75. The Morgan fingerprint density at radius 2 is 2.10 bits per heavy atom. The largest absolute Gasteiger partial charge is 0.391 e. The van der Waals surface area contributed by atoms with Crippen molar-refractivity contribution in [1.29, 1.82) is 0 Å². The van der Waals surface area contributed by atoms with E-state index in [2.05, 4.69) is 34.1 Å².